The summed E-state index contributed by atoms with van der Waals surface area (Å²) in [6.07, 6.45) is 1.62. The van der Waals surface area contributed by atoms with Gasteiger partial charge in [-0.3, -0.25) is 4.79 Å². The zero-order valence-electron chi connectivity index (χ0n) is 12.6. The van der Waals surface area contributed by atoms with Crippen LogP contribution in [-0.4, -0.2) is 43.0 Å². The van der Waals surface area contributed by atoms with Crippen LogP contribution in [0.3, 0.4) is 0 Å². The molecule has 0 spiro atoms. The normalized spacial score (nSPS) is 16.1. The van der Waals surface area contributed by atoms with Gasteiger partial charge in [0, 0.05) is 32.1 Å². The summed E-state index contributed by atoms with van der Waals surface area (Å²) in [7, 11) is 1.38. The van der Waals surface area contributed by atoms with E-state index >= 15 is 0 Å². The van der Waals surface area contributed by atoms with E-state index < -0.39 is 0 Å². The Labute approximate surface area is 125 Å². The SMILES string of the molecule is COC(=O)c1ccccc1CNC(C)CN1CCCC1=O. The van der Waals surface area contributed by atoms with Crippen LogP contribution >= 0.6 is 0 Å². The molecule has 0 radical (unpaired) electrons. The smallest absolute Gasteiger partial charge is 0.338 e. The van der Waals surface area contributed by atoms with E-state index in [0.717, 1.165) is 18.5 Å². The number of hydrogen-bond donors (Lipinski definition) is 1. The Morgan fingerprint density at radius 3 is 2.86 bits per heavy atom. The lowest BCUT2D eigenvalue weighted by Gasteiger charge is -2.22. The highest BCUT2D eigenvalue weighted by molar-refractivity contribution is 5.90. The van der Waals surface area contributed by atoms with Crippen LogP contribution < -0.4 is 5.32 Å². The minimum atomic E-state index is -0.324. The van der Waals surface area contributed by atoms with Crippen molar-refractivity contribution < 1.29 is 14.3 Å². The number of amides is 1. The van der Waals surface area contributed by atoms with Gasteiger partial charge in [0.15, 0.2) is 0 Å². The van der Waals surface area contributed by atoms with Crippen molar-refractivity contribution in [2.75, 3.05) is 20.2 Å². The van der Waals surface area contributed by atoms with E-state index in [4.69, 9.17) is 4.74 Å². The second-order valence-corrected chi connectivity index (χ2v) is 5.37. The van der Waals surface area contributed by atoms with Crippen molar-refractivity contribution in [3.63, 3.8) is 0 Å². The lowest BCUT2D eigenvalue weighted by Crippen LogP contribution is -2.39. The van der Waals surface area contributed by atoms with Gasteiger partial charge in [-0.1, -0.05) is 18.2 Å². The molecule has 1 N–H and O–H groups in total. The Bertz CT molecular complexity index is 516. The van der Waals surface area contributed by atoms with E-state index in [1.165, 1.54) is 7.11 Å². The lowest BCUT2D eigenvalue weighted by atomic mass is 10.1. The van der Waals surface area contributed by atoms with Crippen LogP contribution in [0.1, 0.15) is 35.7 Å². The number of carbonyl (C=O) groups is 2. The van der Waals surface area contributed by atoms with E-state index in [0.29, 0.717) is 25.1 Å². The number of rotatable bonds is 6. The van der Waals surface area contributed by atoms with Gasteiger partial charge >= 0.3 is 5.97 Å². The maximum absolute atomic E-state index is 11.7. The molecule has 1 atom stereocenters. The Morgan fingerprint density at radius 2 is 2.19 bits per heavy atom. The monoisotopic (exact) mass is 290 g/mol. The van der Waals surface area contributed by atoms with Crippen molar-refractivity contribution in [1.82, 2.24) is 10.2 Å². The van der Waals surface area contributed by atoms with Gasteiger partial charge in [0.05, 0.1) is 12.7 Å². The van der Waals surface area contributed by atoms with Crippen molar-refractivity contribution in [3.8, 4) is 0 Å². The lowest BCUT2D eigenvalue weighted by molar-refractivity contribution is -0.127. The van der Waals surface area contributed by atoms with Crippen molar-refractivity contribution in [1.29, 1.82) is 0 Å². The molecular formula is C16H22N2O3. The predicted molar refractivity (Wildman–Crippen MR) is 79.9 cm³/mol. The van der Waals surface area contributed by atoms with Gasteiger partial charge in [-0.2, -0.15) is 0 Å². The second kappa shape index (κ2) is 7.22. The van der Waals surface area contributed by atoms with E-state index in [2.05, 4.69) is 5.32 Å². The Kier molecular flexibility index (Phi) is 5.33. The fraction of sp³-hybridized carbons (Fsp3) is 0.500. The van der Waals surface area contributed by atoms with Crippen LogP contribution in [0, 0.1) is 0 Å². The molecule has 1 aliphatic rings. The molecule has 0 aromatic heterocycles. The summed E-state index contributed by atoms with van der Waals surface area (Å²) in [5.41, 5.74) is 1.49. The molecule has 5 nitrogen and oxygen atoms in total. The highest BCUT2D eigenvalue weighted by atomic mass is 16.5. The van der Waals surface area contributed by atoms with E-state index in [-0.39, 0.29) is 17.9 Å². The van der Waals surface area contributed by atoms with Gasteiger partial charge in [0.25, 0.3) is 0 Å². The minimum Gasteiger partial charge on any atom is -0.465 e. The molecule has 2 rings (SSSR count). The number of nitrogens with zero attached hydrogens (tertiary/aromatic N) is 1. The molecule has 1 saturated heterocycles. The number of hydrogen-bond acceptors (Lipinski definition) is 4. The summed E-state index contributed by atoms with van der Waals surface area (Å²) in [4.78, 5) is 25.2. The van der Waals surface area contributed by atoms with E-state index in [1.54, 1.807) is 6.07 Å². The molecule has 1 fully saturated rings. The summed E-state index contributed by atoms with van der Waals surface area (Å²) in [6.45, 7) is 4.18. The third-order valence-electron chi connectivity index (χ3n) is 3.73. The standard InChI is InChI=1S/C16H22N2O3/c1-12(11-18-9-5-8-15(18)19)17-10-13-6-3-4-7-14(13)16(20)21-2/h3-4,6-7,12,17H,5,8-11H2,1-2H3. The molecule has 1 aromatic carbocycles. The van der Waals surface area contributed by atoms with Gasteiger partial charge < -0.3 is 15.0 Å². The van der Waals surface area contributed by atoms with E-state index in [9.17, 15) is 9.59 Å². The van der Waals surface area contributed by atoms with Gasteiger partial charge in [-0.25, -0.2) is 4.79 Å². The third kappa shape index (κ3) is 4.04. The molecule has 5 heteroatoms. The topological polar surface area (TPSA) is 58.6 Å². The van der Waals surface area contributed by atoms with Crippen LogP contribution in [0.2, 0.25) is 0 Å². The average Bonchev–Trinajstić information content (AvgIpc) is 2.90. The van der Waals surface area contributed by atoms with Crippen molar-refractivity contribution >= 4 is 11.9 Å². The second-order valence-electron chi connectivity index (χ2n) is 5.37. The van der Waals surface area contributed by atoms with Crippen LogP contribution in [0.25, 0.3) is 0 Å². The number of likely N-dealkylation sites (tertiary alicyclic amines) is 1. The number of esters is 1. The molecule has 1 aromatic rings. The quantitative estimate of drug-likeness (QED) is 0.808. The van der Waals surface area contributed by atoms with Crippen molar-refractivity contribution in [2.24, 2.45) is 0 Å². The predicted octanol–water partition coefficient (Wildman–Crippen LogP) is 1.57. The molecule has 0 saturated carbocycles. The summed E-state index contributed by atoms with van der Waals surface area (Å²) in [5, 5.41) is 3.36. The first-order chi connectivity index (χ1) is 10.1. The number of nitrogens with one attached hydrogen (secondary N) is 1. The number of ether oxygens (including phenoxy) is 1. The van der Waals surface area contributed by atoms with Crippen molar-refractivity contribution in [2.45, 2.75) is 32.4 Å². The molecule has 21 heavy (non-hydrogen) atoms. The molecule has 1 amide bonds. The maximum atomic E-state index is 11.7. The third-order valence-corrected chi connectivity index (χ3v) is 3.73. The largest absolute Gasteiger partial charge is 0.465 e. The van der Waals surface area contributed by atoms with Gasteiger partial charge in [0.2, 0.25) is 5.91 Å². The first kappa shape index (κ1) is 15.5. The molecule has 114 valence electrons. The molecule has 1 unspecified atom stereocenters. The Morgan fingerprint density at radius 1 is 1.43 bits per heavy atom. The summed E-state index contributed by atoms with van der Waals surface area (Å²) < 4.78 is 4.79. The zero-order valence-corrected chi connectivity index (χ0v) is 12.6. The maximum Gasteiger partial charge on any atom is 0.338 e. The van der Waals surface area contributed by atoms with E-state index in [1.807, 2.05) is 30.0 Å². The highest BCUT2D eigenvalue weighted by Gasteiger charge is 2.21. The molecule has 0 aliphatic carbocycles. The van der Waals surface area contributed by atoms with Crippen LogP contribution in [0.15, 0.2) is 24.3 Å². The van der Waals surface area contributed by atoms with Crippen molar-refractivity contribution in [3.05, 3.63) is 35.4 Å². The summed E-state index contributed by atoms with van der Waals surface area (Å²) in [5.74, 6) is -0.0895. The Balaban J connectivity index is 1.90. The molecule has 1 heterocycles. The fourth-order valence-electron chi connectivity index (χ4n) is 2.56. The van der Waals surface area contributed by atoms with Crippen LogP contribution in [0.4, 0.5) is 0 Å². The van der Waals surface area contributed by atoms with Crippen LogP contribution in [0.5, 0.6) is 0 Å². The Hall–Kier alpha value is -1.88. The molecule has 0 bridgehead atoms. The van der Waals surface area contributed by atoms with Gasteiger partial charge in [-0.05, 0) is 25.0 Å². The molecule has 1 aliphatic heterocycles. The summed E-state index contributed by atoms with van der Waals surface area (Å²) in [6, 6.07) is 7.57. The first-order valence-electron chi connectivity index (χ1n) is 7.29. The van der Waals surface area contributed by atoms with Crippen LogP contribution in [-0.2, 0) is 16.1 Å². The van der Waals surface area contributed by atoms with Gasteiger partial charge in [-0.15, -0.1) is 0 Å². The fourth-order valence-corrected chi connectivity index (χ4v) is 2.56. The van der Waals surface area contributed by atoms with Gasteiger partial charge in [0.1, 0.15) is 0 Å². The average molecular weight is 290 g/mol. The number of benzene rings is 1. The highest BCUT2D eigenvalue weighted by Crippen LogP contribution is 2.12. The zero-order chi connectivity index (χ0) is 15.2. The number of methoxy groups -OCH3 is 1. The first-order valence-corrected chi connectivity index (χ1v) is 7.29. The minimum absolute atomic E-state index is 0.178. The summed E-state index contributed by atoms with van der Waals surface area (Å²) >= 11 is 0. The molecular weight excluding hydrogens is 268 g/mol. The number of carbonyl (C=O) groups excluding carboxylic acids is 2.